The molecule has 0 aromatic heterocycles. The number of benzene rings is 3. The van der Waals surface area contributed by atoms with Crippen molar-refractivity contribution in [1.82, 2.24) is 10.2 Å². The summed E-state index contributed by atoms with van der Waals surface area (Å²) in [7, 11) is 0. The quantitative estimate of drug-likeness (QED) is 0.153. The predicted molar refractivity (Wildman–Crippen MR) is 175 cm³/mol. The second kappa shape index (κ2) is 16.3. The summed E-state index contributed by atoms with van der Waals surface area (Å²) < 4.78 is 33.9. The molecule has 3 N–H and O–H groups in total. The molecule has 0 aliphatic heterocycles. The molecular weight excluding hydrogens is 572 g/mol. The standard InChI is InChI=1S/C37H45F2N3O3/c1-7-14-42(15-8-2)35(43)28-16-26(10-4)17-29(22-28)36(44)45-34(33(40)21-27-19-31(38)23-32(39)20-27)24-41-37(5,6)30-13-11-12-25(9-3)18-30/h4,11-13,16-20,22-23,33-34,41H,7-9,14-15,21,24,40H2,1-3,5-6H3/t33-,34+/m0/s1. The average molecular weight is 618 g/mol. The van der Waals surface area contributed by atoms with E-state index in [1.807, 2.05) is 39.8 Å². The minimum atomic E-state index is -0.900. The van der Waals surface area contributed by atoms with E-state index < -0.39 is 35.3 Å². The van der Waals surface area contributed by atoms with Crippen molar-refractivity contribution in [3.05, 3.63) is 106 Å². The minimum Gasteiger partial charge on any atom is -0.456 e. The number of nitrogens with zero attached hydrogens (tertiary/aromatic N) is 1. The van der Waals surface area contributed by atoms with Crippen LogP contribution in [-0.2, 0) is 23.1 Å². The van der Waals surface area contributed by atoms with Crippen molar-refractivity contribution in [3.8, 4) is 12.3 Å². The molecule has 3 rings (SSSR count). The van der Waals surface area contributed by atoms with Gasteiger partial charge in [-0.2, -0.15) is 0 Å². The van der Waals surface area contributed by atoms with Crippen LogP contribution in [0, 0.1) is 24.0 Å². The first kappa shape index (κ1) is 35.4. The zero-order valence-corrected chi connectivity index (χ0v) is 27.0. The van der Waals surface area contributed by atoms with Crippen LogP contribution in [-0.4, -0.2) is 48.6 Å². The first-order chi connectivity index (χ1) is 21.4. The maximum atomic E-state index is 14.0. The van der Waals surface area contributed by atoms with Gasteiger partial charge in [-0.05, 0) is 86.6 Å². The van der Waals surface area contributed by atoms with Crippen LogP contribution >= 0.6 is 0 Å². The third kappa shape index (κ3) is 9.97. The Morgan fingerprint density at radius 3 is 2.20 bits per heavy atom. The Bertz CT molecular complexity index is 1490. The Balaban J connectivity index is 1.92. The number of nitrogens with one attached hydrogen (secondary N) is 1. The summed E-state index contributed by atoms with van der Waals surface area (Å²) in [4.78, 5) is 28.7. The van der Waals surface area contributed by atoms with Gasteiger partial charge in [0.05, 0.1) is 5.56 Å². The Morgan fingerprint density at radius 2 is 1.60 bits per heavy atom. The lowest BCUT2D eigenvalue weighted by Crippen LogP contribution is -2.50. The molecule has 0 unspecified atom stereocenters. The second-order valence-electron chi connectivity index (χ2n) is 11.9. The molecule has 0 aliphatic carbocycles. The van der Waals surface area contributed by atoms with Gasteiger partial charge in [-0.3, -0.25) is 4.79 Å². The summed E-state index contributed by atoms with van der Waals surface area (Å²) in [6, 6.07) is 15.2. The number of rotatable bonds is 15. The first-order valence-electron chi connectivity index (χ1n) is 15.6. The van der Waals surface area contributed by atoms with E-state index in [0.29, 0.717) is 29.8 Å². The van der Waals surface area contributed by atoms with Gasteiger partial charge in [0.2, 0.25) is 0 Å². The van der Waals surface area contributed by atoms with Gasteiger partial charge in [0.25, 0.3) is 5.91 Å². The molecule has 0 spiro atoms. The highest BCUT2D eigenvalue weighted by molar-refractivity contribution is 5.98. The van der Waals surface area contributed by atoms with Gasteiger partial charge in [-0.15, -0.1) is 6.42 Å². The van der Waals surface area contributed by atoms with E-state index in [-0.39, 0.29) is 24.4 Å². The molecule has 0 aliphatic rings. The number of nitrogens with two attached hydrogens (primary N) is 1. The van der Waals surface area contributed by atoms with Crippen molar-refractivity contribution in [3.63, 3.8) is 0 Å². The normalized spacial score (nSPS) is 12.7. The number of carbonyl (C=O) groups excluding carboxylic acids is 2. The highest BCUT2D eigenvalue weighted by atomic mass is 19.1. The van der Waals surface area contributed by atoms with Gasteiger partial charge in [-0.25, -0.2) is 13.6 Å². The zero-order chi connectivity index (χ0) is 33.1. The topological polar surface area (TPSA) is 84.7 Å². The molecule has 0 radical (unpaired) electrons. The molecule has 0 heterocycles. The Labute approximate surface area is 266 Å². The van der Waals surface area contributed by atoms with Crippen LogP contribution in [0.2, 0.25) is 0 Å². The van der Waals surface area contributed by atoms with Gasteiger partial charge in [0.1, 0.15) is 17.7 Å². The molecule has 3 aromatic rings. The smallest absolute Gasteiger partial charge is 0.338 e. The fourth-order valence-corrected chi connectivity index (χ4v) is 5.25. The Hall–Kier alpha value is -4.06. The van der Waals surface area contributed by atoms with E-state index in [4.69, 9.17) is 16.9 Å². The summed E-state index contributed by atoms with van der Waals surface area (Å²) in [5, 5.41) is 3.47. The fourth-order valence-electron chi connectivity index (χ4n) is 5.25. The third-order valence-electron chi connectivity index (χ3n) is 7.79. The maximum Gasteiger partial charge on any atom is 0.338 e. The van der Waals surface area contributed by atoms with Crippen molar-refractivity contribution < 1.29 is 23.1 Å². The molecular formula is C37H45F2N3O3. The van der Waals surface area contributed by atoms with Crippen molar-refractivity contribution in [2.24, 2.45) is 5.73 Å². The molecule has 2 atom stereocenters. The number of halogens is 2. The molecule has 1 amide bonds. The zero-order valence-electron chi connectivity index (χ0n) is 27.0. The Kier molecular flexibility index (Phi) is 12.8. The van der Waals surface area contributed by atoms with Gasteiger partial charge in [0, 0.05) is 48.4 Å². The van der Waals surface area contributed by atoms with Crippen LogP contribution < -0.4 is 11.1 Å². The van der Waals surface area contributed by atoms with Gasteiger partial charge in [-0.1, -0.05) is 51.0 Å². The summed E-state index contributed by atoms with van der Waals surface area (Å²) in [6.07, 6.45) is 7.31. The van der Waals surface area contributed by atoms with Gasteiger partial charge in [0.15, 0.2) is 0 Å². The van der Waals surface area contributed by atoms with Gasteiger partial charge < -0.3 is 20.7 Å². The van der Waals surface area contributed by atoms with E-state index in [2.05, 4.69) is 30.3 Å². The highest BCUT2D eigenvalue weighted by Crippen LogP contribution is 2.23. The molecule has 0 saturated carbocycles. The summed E-state index contributed by atoms with van der Waals surface area (Å²) in [6.45, 7) is 11.4. The number of ether oxygens (including phenoxy) is 1. The van der Waals surface area contributed by atoms with E-state index in [1.54, 1.807) is 11.0 Å². The maximum absolute atomic E-state index is 14.0. The van der Waals surface area contributed by atoms with Crippen molar-refractivity contribution >= 4 is 11.9 Å². The lowest BCUT2D eigenvalue weighted by molar-refractivity contribution is 0.0220. The number of esters is 1. The molecule has 45 heavy (non-hydrogen) atoms. The SMILES string of the molecule is C#Cc1cc(C(=O)O[C@H](CNC(C)(C)c2cccc(CC)c2)[C@@H](N)Cc2cc(F)cc(F)c2)cc(C(=O)N(CCC)CCC)c1. The predicted octanol–water partition coefficient (Wildman–Crippen LogP) is 6.39. The number of carbonyl (C=O) groups is 2. The number of amides is 1. The van der Waals surface area contributed by atoms with Crippen molar-refractivity contribution in [2.45, 2.75) is 78.0 Å². The van der Waals surface area contributed by atoms with Crippen molar-refractivity contribution in [1.29, 1.82) is 0 Å². The summed E-state index contributed by atoms with van der Waals surface area (Å²) in [5.41, 5.74) is 9.40. The van der Waals surface area contributed by atoms with E-state index in [0.717, 1.165) is 30.9 Å². The lowest BCUT2D eigenvalue weighted by Gasteiger charge is -2.32. The molecule has 0 fully saturated rings. The van der Waals surface area contributed by atoms with Gasteiger partial charge >= 0.3 is 5.97 Å². The van der Waals surface area contributed by atoms with E-state index >= 15 is 0 Å². The van der Waals surface area contributed by atoms with Crippen LogP contribution in [0.15, 0.2) is 60.7 Å². The second-order valence-corrected chi connectivity index (χ2v) is 11.9. The number of terminal acetylenes is 1. The molecule has 240 valence electrons. The first-order valence-corrected chi connectivity index (χ1v) is 15.6. The molecule has 6 nitrogen and oxygen atoms in total. The number of hydrogen-bond donors (Lipinski definition) is 2. The minimum absolute atomic E-state index is 0.0528. The summed E-state index contributed by atoms with van der Waals surface area (Å²) in [5.74, 6) is 0.160. The number of hydrogen-bond acceptors (Lipinski definition) is 5. The average Bonchev–Trinajstić information content (AvgIpc) is 3.01. The van der Waals surface area contributed by atoms with Crippen LogP contribution in [0.1, 0.15) is 90.4 Å². The van der Waals surface area contributed by atoms with E-state index in [9.17, 15) is 18.4 Å². The number of aryl methyl sites for hydroxylation is 1. The monoisotopic (exact) mass is 617 g/mol. The van der Waals surface area contributed by atoms with E-state index in [1.165, 1.54) is 29.8 Å². The highest BCUT2D eigenvalue weighted by Gasteiger charge is 2.29. The van der Waals surface area contributed by atoms with Crippen molar-refractivity contribution in [2.75, 3.05) is 19.6 Å². The molecule has 0 bridgehead atoms. The fraction of sp³-hybridized carbons (Fsp3) is 0.405. The summed E-state index contributed by atoms with van der Waals surface area (Å²) >= 11 is 0. The van der Waals surface area contributed by atoms with Crippen LogP contribution in [0.25, 0.3) is 0 Å². The largest absolute Gasteiger partial charge is 0.456 e. The van der Waals surface area contributed by atoms with Crippen LogP contribution in [0.3, 0.4) is 0 Å². The van der Waals surface area contributed by atoms with Crippen LogP contribution in [0.4, 0.5) is 8.78 Å². The Morgan fingerprint density at radius 1 is 0.956 bits per heavy atom. The molecule has 8 heteroatoms. The lowest BCUT2D eigenvalue weighted by atomic mass is 9.91. The molecule has 0 saturated heterocycles. The molecule has 3 aromatic carbocycles. The van der Waals surface area contributed by atoms with Crippen LogP contribution in [0.5, 0.6) is 0 Å². The third-order valence-corrected chi connectivity index (χ3v) is 7.79.